The molecule has 0 atom stereocenters. The molecule has 4 rings (SSSR count). The van der Waals surface area contributed by atoms with Crippen LogP contribution in [0, 0.1) is 6.92 Å². The molecule has 0 spiro atoms. The molecule has 3 heterocycles. The smallest absolute Gasteiger partial charge is 0.323 e. The number of nitrogens with zero attached hydrogens (tertiary/aromatic N) is 2. The van der Waals surface area contributed by atoms with Crippen molar-refractivity contribution in [2.75, 3.05) is 23.3 Å². The Kier molecular flexibility index (Phi) is 4.77. The van der Waals surface area contributed by atoms with Gasteiger partial charge < -0.3 is 24.8 Å². The highest BCUT2D eigenvalue weighted by atomic mass is 16.2. The van der Waals surface area contributed by atoms with Gasteiger partial charge in [-0.1, -0.05) is 6.07 Å². The third-order valence-corrected chi connectivity index (χ3v) is 5.18. The van der Waals surface area contributed by atoms with Crippen molar-refractivity contribution < 1.29 is 4.79 Å². The highest BCUT2D eigenvalue weighted by Gasteiger charge is 2.19. The number of hydrogen-bond acceptors (Lipinski definition) is 4. The van der Waals surface area contributed by atoms with Gasteiger partial charge in [0.25, 0.3) is 5.56 Å². The zero-order chi connectivity index (χ0) is 19.7. The monoisotopic (exact) mass is 381 g/mol. The van der Waals surface area contributed by atoms with Gasteiger partial charge in [-0.05, 0) is 38.0 Å². The highest BCUT2D eigenvalue weighted by molar-refractivity contribution is 5.98. The van der Waals surface area contributed by atoms with Crippen LogP contribution >= 0.6 is 0 Å². The average Bonchev–Trinajstić information content (AvgIpc) is 3.29. The summed E-state index contributed by atoms with van der Waals surface area (Å²) < 4.78 is 1.59. The number of pyridine rings is 1. The summed E-state index contributed by atoms with van der Waals surface area (Å²) in [5.41, 5.74) is 3.38. The minimum absolute atomic E-state index is 0.114. The van der Waals surface area contributed by atoms with E-state index in [0.717, 1.165) is 42.8 Å². The standard InChI is InChI=1S/C20H23N5O3/c1-13-5-4-6-19(27)25(13)10-7-18(26)21-16-11-14-15(23-20(28)22-14)12-17(16)24-8-2-3-9-24/h4-6,11-12H,2-3,7-10H2,1H3,(H,21,26)(H2,22,23,28). The van der Waals surface area contributed by atoms with Crippen molar-refractivity contribution in [1.82, 2.24) is 14.5 Å². The Balaban J connectivity index is 1.57. The van der Waals surface area contributed by atoms with E-state index < -0.39 is 0 Å². The molecule has 1 saturated heterocycles. The van der Waals surface area contributed by atoms with Gasteiger partial charge in [-0.3, -0.25) is 9.59 Å². The molecule has 8 nitrogen and oxygen atoms in total. The molecule has 0 unspecified atom stereocenters. The van der Waals surface area contributed by atoms with Crippen LogP contribution in [0.2, 0.25) is 0 Å². The Hall–Kier alpha value is -3.29. The van der Waals surface area contributed by atoms with E-state index in [-0.39, 0.29) is 23.6 Å². The highest BCUT2D eigenvalue weighted by Crippen LogP contribution is 2.32. The number of carbonyl (C=O) groups is 1. The Labute approximate surface area is 161 Å². The molecule has 3 N–H and O–H groups in total. The van der Waals surface area contributed by atoms with Crippen molar-refractivity contribution in [3.8, 4) is 0 Å². The minimum Gasteiger partial charge on any atom is -0.370 e. The van der Waals surface area contributed by atoms with Gasteiger partial charge in [0.05, 0.1) is 22.4 Å². The number of rotatable bonds is 5. The molecule has 3 aromatic rings. The molecule has 1 aromatic carbocycles. The van der Waals surface area contributed by atoms with Crippen LogP contribution in [0.1, 0.15) is 25.0 Å². The number of anilines is 2. The Morgan fingerprint density at radius 1 is 1.11 bits per heavy atom. The number of benzene rings is 1. The van der Waals surface area contributed by atoms with Crippen LogP contribution in [0.4, 0.5) is 11.4 Å². The number of H-pyrrole nitrogens is 2. The van der Waals surface area contributed by atoms with E-state index in [4.69, 9.17) is 0 Å². The van der Waals surface area contributed by atoms with Crippen molar-refractivity contribution in [3.63, 3.8) is 0 Å². The average molecular weight is 381 g/mol. The van der Waals surface area contributed by atoms with Crippen LogP contribution < -0.4 is 21.5 Å². The van der Waals surface area contributed by atoms with Crippen molar-refractivity contribution in [2.24, 2.45) is 0 Å². The minimum atomic E-state index is -0.273. The molecule has 8 heteroatoms. The first kappa shape index (κ1) is 18.1. The lowest BCUT2D eigenvalue weighted by Crippen LogP contribution is -2.25. The number of carbonyl (C=O) groups excluding carboxylic acids is 1. The maximum absolute atomic E-state index is 12.6. The summed E-state index contributed by atoms with van der Waals surface area (Å²) in [5.74, 6) is -0.173. The predicted octanol–water partition coefficient (Wildman–Crippen LogP) is 1.96. The van der Waals surface area contributed by atoms with Gasteiger partial charge in [0.2, 0.25) is 5.91 Å². The fraction of sp³-hybridized carbons (Fsp3) is 0.350. The maximum Gasteiger partial charge on any atom is 0.323 e. The summed E-state index contributed by atoms with van der Waals surface area (Å²) in [4.78, 5) is 43.9. The summed E-state index contributed by atoms with van der Waals surface area (Å²) in [6.07, 6.45) is 2.39. The Morgan fingerprint density at radius 2 is 1.82 bits per heavy atom. The first-order valence-electron chi connectivity index (χ1n) is 9.48. The number of amides is 1. The number of aryl methyl sites for hydroxylation is 1. The molecule has 0 bridgehead atoms. The van der Waals surface area contributed by atoms with Gasteiger partial charge in [-0.15, -0.1) is 0 Å². The van der Waals surface area contributed by atoms with E-state index in [1.807, 2.05) is 19.1 Å². The molecule has 28 heavy (non-hydrogen) atoms. The SMILES string of the molecule is Cc1cccc(=O)n1CCC(=O)Nc1cc2[nH]c(=O)[nH]c2cc1N1CCCC1. The second-order valence-electron chi connectivity index (χ2n) is 7.14. The summed E-state index contributed by atoms with van der Waals surface area (Å²) in [6, 6.07) is 8.75. The molecule has 1 aliphatic rings. The van der Waals surface area contributed by atoms with E-state index in [9.17, 15) is 14.4 Å². The van der Waals surface area contributed by atoms with Crippen LogP contribution in [0.15, 0.2) is 39.9 Å². The summed E-state index contributed by atoms with van der Waals surface area (Å²) in [7, 11) is 0. The lowest BCUT2D eigenvalue weighted by Gasteiger charge is -2.22. The molecule has 0 aliphatic carbocycles. The number of nitrogens with one attached hydrogen (secondary N) is 3. The third kappa shape index (κ3) is 3.58. The predicted molar refractivity (Wildman–Crippen MR) is 109 cm³/mol. The molecular formula is C20H23N5O3. The van der Waals surface area contributed by atoms with Gasteiger partial charge in [0, 0.05) is 37.8 Å². The van der Waals surface area contributed by atoms with Crippen molar-refractivity contribution in [2.45, 2.75) is 32.7 Å². The first-order valence-corrected chi connectivity index (χ1v) is 9.48. The van der Waals surface area contributed by atoms with Gasteiger partial charge in [0.15, 0.2) is 0 Å². The summed E-state index contributed by atoms with van der Waals surface area (Å²) >= 11 is 0. The molecule has 1 aliphatic heterocycles. The van der Waals surface area contributed by atoms with Gasteiger partial charge >= 0.3 is 5.69 Å². The van der Waals surface area contributed by atoms with Crippen LogP contribution in [-0.2, 0) is 11.3 Å². The molecule has 1 fully saturated rings. The molecule has 0 saturated carbocycles. The van der Waals surface area contributed by atoms with Crippen molar-refractivity contribution >= 4 is 28.3 Å². The van der Waals surface area contributed by atoms with E-state index in [2.05, 4.69) is 20.2 Å². The summed E-state index contributed by atoms with van der Waals surface area (Å²) in [6.45, 7) is 4.00. The van der Waals surface area contributed by atoms with Gasteiger partial charge in [-0.25, -0.2) is 4.79 Å². The number of hydrogen-bond donors (Lipinski definition) is 3. The second-order valence-corrected chi connectivity index (χ2v) is 7.14. The molecule has 146 valence electrons. The quantitative estimate of drug-likeness (QED) is 0.628. The lowest BCUT2D eigenvalue weighted by molar-refractivity contribution is -0.116. The van der Waals surface area contributed by atoms with Crippen molar-refractivity contribution in [3.05, 3.63) is 56.9 Å². The molecule has 1 amide bonds. The van der Waals surface area contributed by atoms with E-state index in [0.29, 0.717) is 17.7 Å². The number of imidazole rings is 1. The number of aromatic amines is 2. The molecular weight excluding hydrogens is 358 g/mol. The van der Waals surface area contributed by atoms with E-state index >= 15 is 0 Å². The van der Waals surface area contributed by atoms with Crippen molar-refractivity contribution in [1.29, 1.82) is 0 Å². The third-order valence-electron chi connectivity index (χ3n) is 5.18. The van der Waals surface area contributed by atoms with Gasteiger partial charge in [0.1, 0.15) is 0 Å². The fourth-order valence-corrected chi connectivity index (χ4v) is 3.73. The zero-order valence-corrected chi connectivity index (χ0v) is 15.7. The Bertz CT molecular complexity index is 1130. The van der Waals surface area contributed by atoms with Crippen LogP contribution in [0.3, 0.4) is 0 Å². The lowest BCUT2D eigenvalue weighted by atomic mass is 10.2. The normalized spacial score (nSPS) is 14.0. The van der Waals surface area contributed by atoms with Crippen LogP contribution in [-0.4, -0.2) is 33.5 Å². The largest absolute Gasteiger partial charge is 0.370 e. The van der Waals surface area contributed by atoms with Gasteiger partial charge in [-0.2, -0.15) is 0 Å². The number of fused-ring (bicyclic) bond motifs is 1. The fourth-order valence-electron chi connectivity index (χ4n) is 3.73. The second kappa shape index (κ2) is 7.38. The topological polar surface area (TPSA) is 103 Å². The summed E-state index contributed by atoms with van der Waals surface area (Å²) in [5, 5.41) is 2.97. The molecule has 0 radical (unpaired) electrons. The Morgan fingerprint density at radius 3 is 2.54 bits per heavy atom. The molecule has 2 aromatic heterocycles. The number of aromatic nitrogens is 3. The maximum atomic E-state index is 12.6. The van der Waals surface area contributed by atoms with E-state index in [1.54, 1.807) is 16.7 Å². The van der Waals surface area contributed by atoms with Crippen LogP contribution in [0.25, 0.3) is 11.0 Å². The first-order chi connectivity index (χ1) is 13.5. The van der Waals surface area contributed by atoms with Crippen LogP contribution in [0.5, 0.6) is 0 Å². The zero-order valence-electron chi connectivity index (χ0n) is 15.7. The van der Waals surface area contributed by atoms with E-state index in [1.165, 1.54) is 6.07 Å².